The van der Waals surface area contributed by atoms with Crippen LogP contribution < -0.4 is 25.4 Å². The molecule has 0 radical (unpaired) electrons. The van der Waals surface area contributed by atoms with Crippen LogP contribution >= 0.6 is 0 Å². The molecule has 0 bridgehead atoms. The zero-order valence-electron chi connectivity index (χ0n) is 18.2. The van der Waals surface area contributed by atoms with Crippen molar-refractivity contribution in [3.05, 3.63) is 23.8 Å². The maximum atomic E-state index is 12.7. The molecule has 3 N–H and O–H groups in total. The molecule has 3 amide bonds. The zero-order valence-corrected chi connectivity index (χ0v) is 18.2. The van der Waals surface area contributed by atoms with E-state index in [-0.39, 0.29) is 36.7 Å². The van der Waals surface area contributed by atoms with Gasteiger partial charge in [0.05, 0.1) is 14.2 Å². The van der Waals surface area contributed by atoms with Gasteiger partial charge in [-0.2, -0.15) is 0 Å². The Kier molecular flexibility index (Phi) is 8.95. The first kappa shape index (κ1) is 23.5. The standard InChI is InChI=1S/C22H33N3O5/c1-14(2)20(22(28)23-10-9-19(26)24-16-7-5-6-8-16)25-21(27)15-11-17(29-3)13-18(12-15)30-4/h11-14,16,20H,5-10H2,1-4H3,(H,23,28)(H,24,26)(H,25,27). The van der Waals surface area contributed by atoms with Crippen LogP contribution in [0.5, 0.6) is 11.5 Å². The minimum absolute atomic E-state index is 0.0594. The van der Waals surface area contributed by atoms with Gasteiger partial charge in [-0.25, -0.2) is 0 Å². The van der Waals surface area contributed by atoms with Crippen LogP contribution in [0.3, 0.4) is 0 Å². The summed E-state index contributed by atoms with van der Waals surface area (Å²) in [7, 11) is 3.01. The van der Waals surface area contributed by atoms with E-state index in [1.54, 1.807) is 18.2 Å². The molecule has 2 rings (SSSR count). The van der Waals surface area contributed by atoms with Gasteiger partial charge in [0, 0.05) is 30.6 Å². The van der Waals surface area contributed by atoms with Crippen molar-refractivity contribution in [2.24, 2.45) is 5.92 Å². The molecule has 1 fully saturated rings. The molecular weight excluding hydrogens is 386 g/mol. The number of hydrogen-bond donors (Lipinski definition) is 3. The number of carbonyl (C=O) groups excluding carboxylic acids is 3. The van der Waals surface area contributed by atoms with Crippen molar-refractivity contribution in [3.8, 4) is 11.5 Å². The number of benzene rings is 1. The quantitative estimate of drug-likeness (QED) is 0.538. The maximum absolute atomic E-state index is 12.7. The lowest BCUT2D eigenvalue weighted by Crippen LogP contribution is -2.50. The Morgan fingerprint density at radius 2 is 1.63 bits per heavy atom. The summed E-state index contributed by atoms with van der Waals surface area (Å²) >= 11 is 0. The van der Waals surface area contributed by atoms with Crippen molar-refractivity contribution < 1.29 is 23.9 Å². The zero-order chi connectivity index (χ0) is 22.1. The molecule has 0 saturated heterocycles. The highest BCUT2D eigenvalue weighted by Crippen LogP contribution is 2.22. The molecule has 1 unspecified atom stereocenters. The van der Waals surface area contributed by atoms with E-state index < -0.39 is 11.9 Å². The Balaban J connectivity index is 1.90. The monoisotopic (exact) mass is 419 g/mol. The molecule has 0 spiro atoms. The fourth-order valence-electron chi connectivity index (χ4n) is 3.48. The van der Waals surface area contributed by atoms with Crippen LogP contribution in [0.1, 0.15) is 56.3 Å². The van der Waals surface area contributed by atoms with Crippen LogP contribution in [-0.2, 0) is 9.59 Å². The molecule has 1 atom stereocenters. The predicted molar refractivity (Wildman–Crippen MR) is 114 cm³/mol. The minimum Gasteiger partial charge on any atom is -0.497 e. The van der Waals surface area contributed by atoms with Crippen molar-refractivity contribution in [1.29, 1.82) is 0 Å². The summed E-state index contributed by atoms with van der Waals surface area (Å²) in [5.41, 5.74) is 0.334. The van der Waals surface area contributed by atoms with E-state index in [0.29, 0.717) is 17.1 Å². The second kappa shape index (κ2) is 11.4. The van der Waals surface area contributed by atoms with Crippen LogP contribution in [0.2, 0.25) is 0 Å². The molecule has 0 aliphatic heterocycles. The van der Waals surface area contributed by atoms with Gasteiger partial charge in [-0.3, -0.25) is 14.4 Å². The third-order valence-corrected chi connectivity index (χ3v) is 5.22. The second-order valence-corrected chi connectivity index (χ2v) is 7.89. The predicted octanol–water partition coefficient (Wildman–Crippen LogP) is 2.02. The summed E-state index contributed by atoms with van der Waals surface area (Å²) in [6.45, 7) is 3.93. The normalized spacial score (nSPS) is 14.8. The highest BCUT2D eigenvalue weighted by molar-refractivity contribution is 5.98. The van der Waals surface area contributed by atoms with Gasteiger partial charge in [0.25, 0.3) is 5.91 Å². The molecule has 1 aliphatic rings. The fraction of sp³-hybridized carbons (Fsp3) is 0.591. The summed E-state index contributed by atoms with van der Waals surface area (Å²) in [4.78, 5) is 37.3. The van der Waals surface area contributed by atoms with Gasteiger partial charge in [-0.1, -0.05) is 26.7 Å². The number of hydrogen-bond acceptors (Lipinski definition) is 5. The number of methoxy groups -OCH3 is 2. The van der Waals surface area contributed by atoms with E-state index in [1.807, 2.05) is 13.8 Å². The Hall–Kier alpha value is -2.77. The van der Waals surface area contributed by atoms with Crippen LogP contribution in [0.4, 0.5) is 0 Å². The smallest absolute Gasteiger partial charge is 0.252 e. The molecule has 0 heterocycles. The molecular formula is C22H33N3O5. The summed E-state index contributed by atoms with van der Waals surface area (Å²) in [5, 5.41) is 8.52. The van der Waals surface area contributed by atoms with Gasteiger partial charge in [-0.15, -0.1) is 0 Å². The molecule has 8 heteroatoms. The van der Waals surface area contributed by atoms with Crippen molar-refractivity contribution in [3.63, 3.8) is 0 Å². The third kappa shape index (κ3) is 6.93. The lowest BCUT2D eigenvalue weighted by molar-refractivity contribution is -0.124. The lowest BCUT2D eigenvalue weighted by Gasteiger charge is -2.22. The van der Waals surface area contributed by atoms with Crippen molar-refractivity contribution in [1.82, 2.24) is 16.0 Å². The second-order valence-electron chi connectivity index (χ2n) is 7.89. The average molecular weight is 420 g/mol. The lowest BCUT2D eigenvalue weighted by atomic mass is 10.0. The van der Waals surface area contributed by atoms with Crippen LogP contribution in [0.25, 0.3) is 0 Å². The van der Waals surface area contributed by atoms with E-state index in [1.165, 1.54) is 14.2 Å². The average Bonchev–Trinajstić information content (AvgIpc) is 3.23. The summed E-state index contributed by atoms with van der Waals surface area (Å²) in [6.07, 6.45) is 4.56. The molecule has 0 aromatic heterocycles. The first-order valence-corrected chi connectivity index (χ1v) is 10.4. The number of amides is 3. The maximum Gasteiger partial charge on any atom is 0.252 e. The minimum atomic E-state index is -0.729. The van der Waals surface area contributed by atoms with E-state index >= 15 is 0 Å². The van der Waals surface area contributed by atoms with E-state index in [0.717, 1.165) is 25.7 Å². The Bertz CT molecular complexity index is 722. The first-order chi connectivity index (χ1) is 14.3. The fourth-order valence-corrected chi connectivity index (χ4v) is 3.48. The van der Waals surface area contributed by atoms with Gasteiger partial charge in [0.2, 0.25) is 11.8 Å². The van der Waals surface area contributed by atoms with Crippen LogP contribution in [0.15, 0.2) is 18.2 Å². The molecule has 1 aromatic rings. The van der Waals surface area contributed by atoms with Crippen LogP contribution in [0, 0.1) is 5.92 Å². The van der Waals surface area contributed by atoms with Crippen molar-refractivity contribution in [2.45, 2.75) is 58.0 Å². The van der Waals surface area contributed by atoms with Gasteiger partial charge in [0.15, 0.2) is 0 Å². The molecule has 1 saturated carbocycles. The van der Waals surface area contributed by atoms with Crippen molar-refractivity contribution in [2.75, 3.05) is 20.8 Å². The molecule has 1 aliphatic carbocycles. The van der Waals surface area contributed by atoms with Crippen molar-refractivity contribution >= 4 is 17.7 Å². The Morgan fingerprint density at radius 1 is 1.03 bits per heavy atom. The summed E-state index contributed by atoms with van der Waals surface area (Å²) < 4.78 is 10.4. The van der Waals surface area contributed by atoms with E-state index in [4.69, 9.17) is 9.47 Å². The Labute approximate surface area is 178 Å². The number of nitrogens with one attached hydrogen (secondary N) is 3. The molecule has 166 valence electrons. The highest BCUT2D eigenvalue weighted by Gasteiger charge is 2.25. The van der Waals surface area contributed by atoms with Gasteiger partial charge in [0.1, 0.15) is 17.5 Å². The largest absolute Gasteiger partial charge is 0.497 e. The molecule has 1 aromatic carbocycles. The van der Waals surface area contributed by atoms with E-state index in [2.05, 4.69) is 16.0 Å². The van der Waals surface area contributed by atoms with Gasteiger partial charge < -0.3 is 25.4 Å². The van der Waals surface area contributed by atoms with Gasteiger partial charge >= 0.3 is 0 Å². The summed E-state index contributed by atoms with van der Waals surface area (Å²) in [5.74, 6) is 0.0585. The molecule has 30 heavy (non-hydrogen) atoms. The molecule has 8 nitrogen and oxygen atoms in total. The SMILES string of the molecule is COc1cc(OC)cc(C(=O)NC(C(=O)NCCC(=O)NC2CCCC2)C(C)C)c1. The number of carbonyl (C=O) groups is 3. The van der Waals surface area contributed by atoms with E-state index in [9.17, 15) is 14.4 Å². The third-order valence-electron chi connectivity index (χ3n) is 5.22. The number of rotatable bonds is 10. The summed E-state index contributed by atoms with van der Waals surface area (Å²) in [6, 6.07) is 4.37. The first-order valence-electron chi connectivity index (χ1n) is 10.4. The highest BCUT2D eigenvalue weighted by atomic mass is 16.5. The van der Waals surface area contributed by atoms with Crippen LogP contribution in [-0.4, -0.2) is 50.6 Å². The topological polar surface area (TPSA) is 106 Å². The Morgan fingerprint density at radius 3 is 2.17 bits per heavy atom. The van der Waals surface area contributed by atoms with Gasteiger partial charge in [-0.05, 0) is 30.9 Å². The number of ether oxygens (including phenoxy) is 2.